The quantitative estimate of drug-likeness (QED) is 0.0343. The Balaban J connectivity index is 2.19. The summed E-state index contributed by atoms with van der Waals surface area (Å²) in [7, 11) is 0. The second kappa shape index (κ2) is 45.5. The molecule has 0 saturated carbocycles. The van der Waals surface area contributed by atoms with Crippen LogP contribution in [-0.4, -0.2) is 89.0 Å². The standard InChI is InChI=1S/C54H104O10/c1-3-5-7-9-11-13-15-17-19-21-22-23-24-25-26-27-29-31-33-35-37-39-41-43-50(57)63-47(46-62-54-53(60)52(59)51(58)48(44-55)64-54)45-61-49(56)42-40-38-36-34-32-30-28-20-18-16-14-12-10-8-6-4-2/h47-48,51-55,58-60H,3-46H2,1-2H3. The Labute approximate surface area is 393 Å². The van der Waals surface area contributed by atoms with Gasteiger partial charge in [0.2, 0.25) is 0 Å². The van der Waals surface area contributed by atoms with Crippen molar-refractivity contribution in [1.82, 2.24) is 0 Å². The summed E-state index contributed by atoms with van der Waals surface area (Å²) < 4.78 is 22.3. The molecule has 0 aromatic rings. The molecule has 6 unspecified atom stereocenters. The van der Waals surface area contributed by atoms with Gasteiger partial charge >= 0.3 is 11.9 Å². The number of hydrogen-bond acceptors (Lipinski definition) is 10. The molecule has 4 N–H and O–H groups in total. The van der Waals surface area contributed by atoms with Crippen LogP contribution in [0, 0.1) is 0 Å². The molecule has 6 atom stereocenters. The van der Waals surface area contributed by atoms with Gasteiger partial charge in [0.05, 0.1) is 13.2 Å². The van der Waals surface area contributed by atoms with E-state index in [1.165, 1.54) is 212 Å². The first-order valence-corrected chi connectivity index (χ1v) is 27.6. The lowest BCUT2D eigenvalue weighted by atomic mass is 9.99. The van der Waals surface area contributed by atoms with Gasteiger partial charge in [-0.1, -0.05) is 251 Å². The van der Waals surface area contributed by atoms with E-state index in [2.05, 4.69) is 13.8 Å². The molecule has 0 radical (unpaired) electrons. The van der Waals surface area contributed by atoms with Gasteiger partial charge in [-0.05, 0) is 12.8 Å². The van der Waals surface area contributed by atoms with Gasteiger partial charge in [0.25, 0.3) is 0 Å². The summed E-state index contributed by atoms with van der Waals surface area (Å²) in [5.41, 5.74) is 0. The molecule has 10 nitrogen and oxygen atoms in total. The van der Waals surface area contributed by atoms with Crippen LogP contribution in [0.4, 0.5) is 0 Å². The van der Waals surface area contributed by atoms with Crippen molar-refractivity contribution >= 4 is 11.9 Å². The smallest absolute Gasteiger partial charge is 0.306 e. The summed E-state index contributed by atoms with van der Waals surface area (Å²) in [5.74, 6) is -0.784. The predicted octanol–water partition coefficient (Wildman–Crippen LogP) is 13.3. The van der Waals surface area contributed by atoms with Gasteiger partial charge in [-0.3, -0.25) is 9.59 Å². The van der Waals surface area contributed by atoms with Crippen LogP contribution in [0.15, 0.2) is 0 Å². The van der Waals surface area contributed by atoms with E-state index in [1.54, 1.807) is 0 Å². The number of ether oxygens (including phenoxy) is 4. The molecule has 0 aromatic carbocycles. The van der Waals surface area contributed by atoms with Crippen molar-refractivity contribution in [2.45, 2.75) is 314 Å². The van der Waals surface area contributed by atoms with Crippen LogP contribution in [0.3, 0.4) is 0 Å². The Morgan fingerprint density at radius 2 is 0.734 bits per heavy atom. The summed E-state index contributed by atoms with van der Waals surface area (Å²) in [6, 6.07) is 0. The van der Waals surface area contributed by atoms with E-state index in [0.717, 1.165) is 32.1 Å². The number of aliphatic hydroxyl groups is 4. The molecule has 0 aliphatic carbocycles. The summed E-state index contributed by atoms with van der Waals surface area (Å²) in [6.45, 7) is 3.49. The molecule has 1 aliphatic rings. The molecule has 1 rings (SSSR count). The molecule has 0 bridgehead atoms. The molecule has 1 heterocycles. The van der Waals surface area contributed by atoms with Crippen LogP contribution in [0.25, 0.3) is 0 Å². The minimum atomic E-state index is -1.59. The highest BCUT2D eigenvalue weighted by atomic mass is 16.7. The molecule has 1 aliphatic heterocycles. The maximum absolute atomic E-state index is 12.9. The lowest BCUT2D eigenvalue weighted by molar-refractivity contribution is -0.305. The highest BCUT2D eigenvalue weighted by molar-refractivity contribution is 5.70. The van der Waals surface area contributed by atoms with E-state index in [1.807, 2.05) is 0 Å². The zero-order valence-corrected chi connectivity index (χ0v) is 41.8. The van der Waals surface area contributed by atoms with Gasteiger partial charge in [-0.15, -0.1) is 0 Å². The van der Waals surface area contributed by atoms with Gasteiger partial charge in [0, 0.05) is 12.8 Å². The third-order valence-corrected chi connectivity index (χ3v) is 13.2. The molecule has 64 heavy (non-hydrogen) atoms. The fourth-order valence-electron chi connectivity index (χ4n) is 8.90. The van der Waals surface area contributed by atoms with Crippen LogP contribution < -0.4 is 0 Å². The average Bonchev–Trinajstić information content (AvgIpc) is 3.29. The third-order valence-electron chi connectivity index (χ3n) is 13.2. The minimum absolute atomic E-state index is 0.208. The lowest BCUT2D eigenvalue weighted by Gasteiger charge is -2.39. The summed E-state index contributed by atoms with van der Waals surface area (Å²) >= 11 is 0. The molecule has 1 saturated heterocycles. The van der Waals surface area contributed by atoms with Crippen molar-refractivity contribution < 1.29 is 49.0 Å². The molecule has 1 fully saturated rings. The predicted molar refractivity (Wildman–Crippen MR) is 261 cm³/mol. The molecule has 10 heteroatoms. The third kappa shape index (κ3) is 35.8. The number of unbranched alkanes of at least 4 members (excludes halogenated alkanes) is 37. The Hall–Kier alpha value is -1.30. The highest BCUT2D eigenvalue weighted by Crippen LogP contribution is 2.23. The summed E-state index contributed by atoms with van der Waals surface area (Å²) in [6.07, 6.45) is 42.6. The van der Waals surface area contributed by atoms with Crippen LogP contribution in [0.1, 0.15) is 277 Å². The number of esters is 2. The van der Waals surface area contributed by atoms with Crippen molar-refractivity contribution in [3.8, 4) is 0 Å². The number of hydrogen-bond donors (Lipinski definition) is 4. The lowest BCUT2D eigenvalue weighted by Crippen LogP contribution is -2.59. The van der Waals surface area contributed by atoms with Crippen LogP contribution in [0.2, 0.25) is 0 Å². The number of aliphatic hydroxyl groups excluding tert-OH is 4. The van der Waals surface area contributed by atoms with Crippen LogP contribution in [-0.2, 0) is 28.5 Å². The normalized spacial score (nSPS) is 19.2. The molecule has 380 valence electrons. The zero-order chi connectivity index (χ0) is 46.6. The van der Waals surface area contributed by atoms with Gasteiger partial charge in [0.1, 0.15) is 31.0 Å². The van der Waals surface area contributed by atoms with Crippen molar-refractivity contribution in [3.63, 3.8) is 0 Å². The second-order valence-electron chi connectivity index (χ2n) is 19.4. The largest absolute Gasteiger partial charge is 0.462 e. The monoisotopic (exact) mass is 913 g/mol. The maximum atomic E-state index is 12.9. The molecular weight excluding hydrogens is 809 g/mol. The minimum Gasteiger partial charge on any atom is -0.462 e. The first-order chi connectivity index (χ1) is 31.3. The fraction of sp³-hybridized carbons (Fsp3) is 0.963. The first-order valence-electron chi connectivity index (χ1n) is 27.6. The number of carbonyl (C=O) groups excluding carboxylic acids is 2. The van der Waals surface area contributed by atoms with E-state index in [9.17, 15) is 30.0 Å². The van der Waals surface area contributed by atoms with Crippen LogP contribution in [0.5, 0.6) is 0 Å². The van der Waals surface area contributed by atoms with Crippen molar-refractivity contribution in [3.05, 3.63) is 0 Å². The zero-order valence-electron chi connectivity index (χ0n) is 41.8. The van der Waals surface area contributed by atoms with Gasteiger partial charge in [0.15, 0.2) is 12.4 Å². The van der Waals surface area contributed by atoms with E-state index in [-0.39, 0.29) is 32.0 Å². The Morgan fingerprint density at radius 1 is 0.422 bits per heavy atom. The molecule has 0 amide bonds. The topological polar surface area (TPSA) is 152 Å². The van der Waals surface area contributed by atoms with Crippen molar-refractivity contribution in [2.75, 3.05) is 19.8 Å². The Kier molecular flexibility index (Phi) is 43.1. The fourth-order valence-corrected chi connectivity index (χ4v) is 8.90. The molecule has 0 spiro atoms. The SMILES string of the molecule is CCCCCCCCCCCCCCCCCCCCCCCCCC(=O)OC(COC(=O)CCCCCCCCCCCCCCCCCC)COC1OC(CO)C(O)C(O)C1O. The van der Waals surface area contributed by atoms with Crippen molar-refractivity contribution in [2.24, 2.45) is 0 Å². The van der Waals surface area contributed by atoms with Crippen molar-refractivity contribution in [1.29, 1.82) is 0 Å². The highest BCUT2D eigenvalue weighted by Gasteiger charge is 2.44. The maximum Gasteiger partial charge on any atom is 0.306 e. The summed E-state index contributed by atoms with van der Waals surface area (Å²) in [4.78, 5) is 25.5. The van der Waals surface area contributed by atoms with Gasteiger partial charge in [-0.2, -0.15) is 0 Å². The first kappa shape index (κ1) is 60.7. The summed E-state index contributed by atoms with van der Waals surface area (Å²) in [5, 5.41) is 40.2. The Bertz CT molecular complexity index is 1010. The van der Waals surface area contributed by atoms with Gasteiger partial charge in [-0.25, -0.2) is 0 Å². The number of rotatable bonds is 48. The molecular formula is C54H104O10. The van der Waals surface area contributed by atoms with E-state index in [4.69, 9.17) is 18.9 Å². The van der Waals surface area contributed by atoms with E-state index >= 15 is 0 Å². The van der Waals surface area contributed by atoms with E-state index < -0.39 is 49.4 Å². The average molecular weight is 913 g/mol. The molecule has 0 aromatic heterocycles. The van der Waals surface area contributed by atoms with Crippen LogP contribution >= 0.6 is 0 Å². The number of carbonyl (C=O) groups is 2. The Morgan fingerprint density at radius 3 is 1.06 bits per heavy atom. The van der Waals surface area contributed by atoms with Gasteiger partial charge < -0.3 is 39.4 Å². The van der Waals surface area contributed by atoms with E-state index in [0.29, 0.717) is 6.42 Å². The second-order valence-corrected chi connectivity index (χ2v) is 19.4.